The van der Waals surface area contributed by atoms with Gasteiger partial charge in [0.05, 0.1) is 16.5 Å². The highest BCUT2D eigenvalue weighted by Gasteiger charge is 2.18. The fourth-order valence-electron chi connectivity index (χ4n) is 2.37. The minimum atomic E-state index is -1.26. The van der Waals surface area contributed by atoms with E-state index < -0.39 is 11.9 Å². The standard InChI is InChI=1S/C14H16Cl2N2O2.C4H4O4/c15-12-3-2-11(8-13(12)16)9-14(20)18-5-1-4-17(10-19)6-7-18;5-3(6)1-2-4(7)8/h2-3,8,10H,1,4-7,9H2;1-2H,(H,5,6)(H,7,8)/b;2-1+. The van der Waals surface area contributed by atoms with Crippen LogP contribution in [0.5, 0.6) is 0 Å². The average Bonchev–Trinajstić information content (AvgIpc) is 2.89. The number of carboxylic acid groups (broad SMARTS) is 2. The zero-order valence-electron chi connectivity index (χ0n) is 14.9. The first-order valence-electron chi connectivity index (χ1n) is 8.28. The van der Waals surface area contributed by atoms with Crippen molar-refractivity contribution >= 4 is 47.5 Å². The van der Waals surface area contributed by atoms with Gasteiger partial charge >= 0.3 is 11.9 Å². The second-order valence-electron chi connectivity index (χ2n) is 5.81. The fourth-order valence-corrected chi connectivity index (χ4v) is 2.69. The van der Waals surface area contributed by atoms with Gasteiger partial charge < -0.3 is 20.0 Å². The van der Waals surface area contributed by atoms with Crippen molar-refractivity contribution in [3.63, 3.8) is 0 Å². The van der Waals surface area contributed by atoms with Crippen LogP contribution >= 0.6 is 23.2 Å². The molecule has 1 aliphatic heterocycles. The maximum atomic E-state index is 12.3. The third kappa shape index (κ3) is 8.88. The summed E-state index contributed by atoms with van der Waals surface area (Å²) in [7, 11) is 0. The molecule has 2 rings (SSSR count). The van der Waals surface area contributed by atoms with Crippen LogP contribution in [-0.2, 0) is 25.6 Å². The van der Waals surface area contributed by atoms with Crippen molar-refractivity contribution in [3.8, 4) is 0 Å². The molecule has 0 unspecified atom stereocenters. The third-order valence-electron chi connectivity index (χ3n) is 3.74. The van der Waals surface area contributed by atoms with Crippen molar-refractivity contribution in [2.45, 2.75) is 12.8 Å². The molecular formula is C18H20Cl2N2O6. The minimum absolute atomic E-state index is 0.0520. The average molecular weight is 431 g/mol. The second kappa shape index (κ2) is 12.0. The largest absolute Gasteiger partial charge is 0.478 e. The number of amides is 2. The molecule has 1 fully saturated rings. The smallest absolute Gasteiger partial charge is 0.328 e. The van der Waals surface area contributed by atoms with Gasteiger partial charge in [-0.1, -0.05) is 29.3 Å². The Labute approximate surface area is 171 Å². The Morgan fingerprint density at radius 2 is 1.61 bits per heavy atom. The normalized spacial score (nSPS) is 14.1. The molecule has 1 aromatic rings. The first-order valence-corrected chi connectivity index (χ1v) is 9.03. The van der Waals surface area contributed by atoms with Crippen molar-refractivity contribution in [2.75, 3.05) is 26.2 Å². The lowest BCUT2D eigenvalue weighted by molar-refractivity contribution is -0.134. The van der Waals surface area contributed by atoms with E-state index in [0.717, 1.165) is 18.4 Å². The molecule has 2 amide bonds. The van der Waals surface area contributed by atoms with Gasteiger partial charge in [0.15, 0.2) is 0 Å². The van der Waals surface area contributed by atoms with Gasteiger partial charge in [-0.3, -0.25) is 9.59 Å². The van der Waals surface area contributed by atoms with Gasteiger partial charge in [0.2, 0.25) is 12.3 Å². The van der Waals surface area contributed by atoms with Crippen LogP contribution in [-0.4, -0.2) is 70.4 Å². The molecule has 1 aliphatic rings. The van der Waals surface area contributed by atoms with Crippen molar-refractivity contribution < 1.29 is 29.4 Å². The zero-order chi connectivity index (χ0) is 21.1. The summed E-state index contributed by atoms with van der Waals surface area (Å²) in [6.07, 6.45) is 3.07. The van der Waals surface area contributed by atoms with Crippen LogP contribution in [0.4, 0.5) is 0 Å². The topological polar surface area (TPSA) is 115 Å². The number of benzene rings is 1. The van der Waals surface area contributed by atoms with E-state index >= 15 is 0 Å². The highest BCUT2D eigenvalue weighted by molar-refractivity contribution is 6.42. The van der Waals surface area contributed by atoms with Gasteiger partial charge in [-0.25, -0.2) is 9.59 Å². The maximum Gasteiger partial charge on any atom is 0.328 e. The summed E-state index contributed by atoms with van der Waals surface area (Å²) in [6, 6.07) is 5.22. The Hall–Kier alpha value is -2.58. The van der Waals surface area contributed by atoms with Crippen molar-refractivity contribution in [2.24, 2.45) is 0 Å². The van der Waals surface area contributed by atoms with Crippen molar-refractivity contribution in [1.29, 1.82) is 0 Å². The summed E-state index contributed by atoms with van der Waals surface area (Å²) in [5.74, 6) is -2.46. The number of carbonyl (C=O) groups is 4. The second-order valence-corrected chi connectivity index (χ2v) is 6.63. The Bertz CT molecular complexity index is 738. The summed E-state index contributed by atoms with van der Waals surface area (Å²) in [4.78, 5) is 45.6. The fraction of sp³-hybridized carbons (Fsp3) is 0.333. The maximum absolute atomic E-state index is 12.3. The number of carbonyl (C=O) groups excluding carboxylic acids is 2. The van der Waals surface area contributed by atoms with E-state index in [9.17, 15) is 19.2 Å². The van der Waals surface area contributed by atoms with Gasteiger partial charge in [-0.15, -0.1) is 0 Å². The van der Waals surface area contributed by atoms with Crippen LogP contribution in [0.25, 0.3) is 0 Å². The number of aliphatic carboxylic acids is 2. The number of nitrogens with zero attached hydrogens (tertiary/aromatic N) is 2. The van der Waals surface area contributed by atoms with E-state index in [-0.39, 0.29) is 5.91 Å². The van der Waals surface area contributed by atoms with E-state index in [1.807, 2.05) is 6.07 Å². The molecule has 0 aromatic heterocycles. The zero-order valence-corrected chi connectivity index (χ0v) is 16.4. The molecule has 0 spiro atoms. The predicted molar refractivity (Wildman–Crippen MR) is 103 cm³/mol. The SMILES string of the molecule is O=C(O)/C=C/C(=O)O.O=CN1CCCN(C(=O)Cc2ccc(Cl)c(Cl)c2)CC1. The quantitative estimate of drug-likeness (QED) is 0.544. The van der Waals surface area contributed by atoms with E-state index in [2.05, 4.69) is 0 Å². The van der Waals surface area contributed by atoms with Crippen LogP contribution in [0.3, 0.4) is 0 Å². The summed E-state index contributed by atoms with van der Waals surface area (Å²) in [6.45, 7) is 2.57. The van der Waals surface area contributed by atoms with E-state index in [1.54, 1.807) is 21.9 Å². The number of hydrogen-bond acceptors (Lipinski definition) is 4. The molecule has 0 aliphatic carbocycles. The van der Waals surface area contributed by atoms with E-state index in [1.165, 1.54) is 0 Å². The molecule has 10 heteroatoms. The Balaban J connectivity index is 0.000000416. The minimum Gasteiger partial charge on any atom is -0.478 e. The van der Waals surface area contributed by atoms with Crippen LogP contribution in [0.1, 0.15) is 12.0 Å². The Kier molecular flexibility index (Phi) is 10.0. The predicted octanol–water partition coefficient (Wildman–Crippen LogP) is 1.94. The molecule has 0 atom stereocenters. The van der Waals surface area contributed by atoms with E-state index in [0.29, 0.717) is 54.8 Å². The van der Waals surface area contributed by atoms with Crippen LogP contribution in [0, 0.1) is 0 Å². The summed E-state index contributed by atoms with van der Waals surface area (Å²) < 4.78 is 0. The van der Waals surface area contributed by atoms with E-state index in [4.69, 9.17) is 33.4 Å². The lowest BCUT2D eigenvalue weighted by Gasteiger charge is -2.20. The van der Waals surface area contributed by atoms with Gasteiger partial charge in [0.1, 0.15) is 0 Å². The van der Waals surface area contributed by atoms with Gasteiger partial charge in [-0.2, -0.15) is 0 Å². The number of hydrogen-bond donors (Lipinski definition) is 2. The molecule has 152 valence electrons. The molecule has 0 saturated carbocycles. The molecule has 28 heavy (non-hydrogen) atoms. The first-order chi connectivity index (χ1) is 13.2. The lowest BCUT2D eigenvalue weighted by atomic mass is 10.1. The molecule has 1 aromatic carbocycles. The van der Waals surface area contributed by atoms with Gasteiger partial charge in [-0.05, 0) is 24.1 Å². The van der Waals surface area contributed by atoms with Crippen molar-refractivity contribution in [1.82, 2.24) is 9.80 Å². The van der Waals surface area contributed by atoms with Gasteiger partial charge in [0, 0.05) is 38.3 Å². The molecule has 1 saturated heterocycles. The monoisotopic (exact) mass is 430 g/mol. The number of carboxylic acids is 2. The Morgan fingerprint density at radius 1 is 0.964 bits per heavy atom. The Morgan fingerprint density at radius 3 is 2.14 bits per heavy atom. The van der Waals surface area contributed by atoms with Crippen LogP contribution < -0.4 is 0 Å². The molecule has 2 N–H and O–H groups in total. The number of rotatable bonds is 5. The molecule has 1 heterocycles. The molecule has 0 radical (unpaired) electrons. The lowest BCUT2D eigenvalue weighted by Crippen LogP contribution is -2.35. The summed E-state index contributed by atoms with van der Waals surface area (Å²) in [5, 5.41) is 16.6. The van der Waals surface area contributed by atoms with Crippen molar-refractivity contribution in [3.05, 3.63) is 46.0 Å². The van der Waals surface area contributed by atoms with Gasteiger partial charge in [0.25, 0.3) is 0 Å². The first kappa shape index (κ1) is 23.5. The highest BCUT2D eigenvalue weighted by Crippen LogP contribution is 2.23. The van der Waals surface area contributed by atoms with Crippen LogP contribution in [0.15, 0.2) is 30.4 Å². The van der Waals surface area contributed by atoms with Crippen LogP contribution in [0.2, 0.25) is 10.0 Å². The molecule has 8 nitrogen and oxygen atoms in total. The number of halogens is 2. The third-order valence-corrected chi connectivity index (χ3v) is 4.48. The molecule has 0 bridgehead atoms. The highest BCUT2D eigenvalue weighted by atomic mass is 35.5. The summed E-state index contributed by atoms with van der Waals surface area (Å²) in [5.41, 5.74) is 0.848. The molecular weight excluding hydrogens is 411 g/mol. The summed E-state index contributed by atoms with van der Waals surface area (Å²) >= 11 is 11.8.